The van der Waals surface area contributed by atoms with E-state index in [4.69, 9.17) is 4.74 Å². The minimum absolute atomic E-state index is 0.0984. The van der Waals surface area contributed by atoms with Gasteiger partial charge in [-0.2, -0.15) is 0 Å². The molecule has 74 valence electrons. The van der Waals surface area contributed by atoms with E-state index in [0.717, 1.165) is 25.9 Å². The number of nitrogens with one attached hydrogen (secondary N) is 1. The first-order valence-corrected chi connectivity index (χ1v) is 4.86. The van der Waals surface area contributed by atoms with Gasteiger partial charge in [0.25, 0.3) is 0 Å². The monoisotopic (exact) mass is 184 g/mol. The Morgan fingerprint density at radius 1 is 1.46 bits per heavy atom. The number of rotatable bonds is 2. The van der Waals surface area contributed by atoms with Crippen LogP contribution in [0, 0.1) is 0 Å². The van der Waals surface area contributed by atoms with Gasteiger partial charge in [0.2, 0.25) is 5.91 Å². The number of likely N-dealkylation sites (tertiary alicyclic amines) is 1. The van der Waals surface area contributed by atoms with Crippen molar-refractivity contribution in [3.05, 3.63) is 0 Å². The summed E-state index contributed by atoms with van der Waals surface area (Å²) in [6.07, 6.45) is 3.08. The average Bonchev–Trinajstić information content (AvgIpc) is 2.46. The van der Waals surface area contributed by atoms with Gasteiger partial charge in [-0.05, 0) is 12.8 Å². The average molecular weight is 184 g/mol. The normalized spacial score (nSPS) is 33.3. The molecule has 4 heteroatoms. The first kappa shape index (κ1) is 8.97. The second-order valence-electron chi connectivity index (χ2n) is 3.82. The molecule has 2 rings (SSSR count). The van der Waals surface area contributed by atoms with Gasteiger partial charge in [-0.15, -0.1) is 0 Å². The van der Waals surface area contributed by atoms with Crippen molar-refractivity contribution in [2.75, 3.05) is 26.7 Å². The highest BCUT2D eigenvalue weighted by Gasteiger charge is 2.33. The molecule has 0 aromatic rings. The summed E-state index contributed by atoms with van der Waals surface area (Å²) in [5.41, 5.74) is 0. The number of carbonyl (C=O) groups is 1. The van der Waals surface area contributed by atoms with Gasteiger partial charge in [-0.3, -0.25) is 9.69 Å². The van der Waals surface area contributed by atoms with Crippen LogP contribution in [0.2, 0.25) is 0 Å². The molecule has 2 atom stereocenters. The van der Waals surface area contributed by atoms with Gasteiger partial charge < -0.3 is 10.1 Å². The highest BCUT2D eigenvalue weighted by Crippen LogP contribution is 2.25. The third-order valence-corrected chi connectivity index (χ3v) is 2.77. The van der Waals surface area contributed by atoms with Crippen LogP contribution in [0.15, 0.2) is 0 Å². The molecule has 0 aromatic heterocycles. The third kappa shape index (κ3) is 2.00. The number of hydrogen-bond donors (Lipinski definition) is 1. The molecule has 2 bridgehead atoms. The fraction of sp³-hybridized carbons (Fsp3) is 0.889. The Kier molecular flexibility index (Phi) is 2.51. The first-order valence-electron chi connectivity index (χ1n) is 4.86. The number of ether oxygens (including phenoxy) is 1. The molecular formula is C9H16N2O2. The second kappa shape index (κ2) is 3.64. The summed E-state index contributed by atoms with van der Waals surface area (Å²) >= 11 is 0. The minimum atomic E-state index is 0.0984. The molecule has 4 nitrogen and oxygen atoms in total. The van der Waals surface area contributed by atoms with Gasteiger partial charge >= 0.3 is 0 Å². The predicted octanol–water partition coefficient (Wildman–Crippen LogP) is -0.404. The molecule has 2 aliphatic heterocycles. The van der Waals surface area contributed by atoms with Gasteiger partial charge in [0.1, 0.15) is 0 Å². The van der Waals surface area contributed by atoms with Gasteiger partial charge in [0, 0.05) is 20.1 Å². The summed E-state index contributed by atoms with van der Waals surface area (Å²) in [6.45, 7) is 2.36. The standard InChI is InChI=1S/C9H16N2O2/c1-10-9(12)6-11-4-7-2-3-8(5-11)13-7/h7-8H,2-6H2,1H3,(H,10,12). The van der Waals surface area contributed by atoms with Crippen molar-refractivity contribution in [3.63, 3.8) is 0 Å². The summed E-state index contributed by atoms with van der Waals surface area (Å²) in [7, 11) is 1.68. The SMILES string of the molecule is CNC(=O)CN1CC2CCC(C1)O2. The van der Waals surface area contributed by atoms with Crippen LogP contribution in [0.3, 0.4) is 0 Å². The minimum Gasteiger partial charge on any atom is -0.372 e. The molecule has 2 heterocycles. The number of amides is 1. The van der Waals surface area contributed by atoms with Gasteiger partial charge in [-0.1, -0.05) is 0 Å². The Morgan fingerprint density at radius 2 is 2.08 bits per heavy atom. The molecule has 1 amide bonds. The van der Waals surface area contributed by atoms with Crippen LogP contribution in [0.25, 0.3) is 0 Å². The van der Waals surface area contributed by atoms with Crippen LogP contribution in [-0.4, -0.2) is 49.7 Å². The molecule has 0 aliphatic carbocycles. The number of carbonyl (C=O) groups excluding carboxylic acids is 1. The Labute approximate surface area is 78.2 Å². The molecule has 0 spiro atoms. The van der Waals surface area contributed by atoms with E-state index in [1.165, 1.54) is 0 Å². The molecule has 0 radical (unpaired) electrons. The van der Waals surface area contributed by atoms with E-state index < -0.39 is 0 Å². The number of likely N-dealkylation sites (N-methyl/N-ethyl adjacent to an activating group) is 1. The molecule has 2 aliphatic rings. The quantitative estimate of drug-likeness (QED) is 0.634. The Balaban J connectivity index is 1.85. The molecule has 0 aromatic carbocycles. The number of morpholine rings is 1. The fourth-order valence-electron chi connectivity index (χ4n) is 2.11. The lowest BCUT2D eigenvalue weighted by molar-refractivity contribution is -0.124. The Hall–Kier alpha value is -0.610. The molecule has 2 fully saturated rings. The highest BCUT2D eigenvalue weighted by molar-refractivity contribution is 5.77. The van der Waals surface area contributed by atoms with Crippen molar-refractivity contribution in [1.82, 2.24) is 10.2 Å². The third-order valence-electron chi connectivity index (χ3n) is 2.77. The molecule has 2 saturated heterocycles. The number of nitrogens with zero attached hydrogens (tertiary/aromatic N) is 1. The molecule has 13 heavy (non-hydrogen) atoms. The first-order chi connectivity index (χ1) is 6.28. The topological polar surface area (TPSA) is 41.6 Å². The maximum Gasteiger partial charge on any atom is 0.233 e. The van der Waals surface area contributed by atoms with Gasteiger partial charge in [-0.25, -0.2) is 0 Å². The maximum absolute atomic E-state index is 11.1. The summed E-state index contributed by atoms with van der Waals surface area (Å²) in [4.78, 5) is 13.3. The fourth-order valence-corrected chi connectivity index (χ4v) is 2.11. The van der Waals surface area contributed by atoms with Gasteiger partial charge in [0.05, 0.1) is 18.8 Å². The van der Waals surface area contributed by atoms with Crippen LogP contribution < -0.4 is 5.32 Å². The van der Waals surface area contributed by atoms with Crippen LogP contribution >= 0.6 is 0 Å². The Morgan fingerprint density at radius 3 is 2.62 bits per heavy atom. The summed E-state index contributed by atoms with van der Waals surface area (Å²) < 4.78 is 5.67. The number of hydrogen-bond acceptors (Lipinski definition) is 3. The number of fused-ring (bicyclic) bond motifs is 2. The van der Waals surface area contributed by atoms with E-state index >= 15 is 0 Å². The smallest absolute Gasteiger partial charge is 0.233 e. The van der Waals surface area contributed by atoms with Crippen LogP contribution in [-0.2, 0) is 9.53 Å². The molecule has 0 saturated carbocycles. The van der Waals surface area contributed by atoms with E-state index in [9.17, 15) is 4.79 Å². The van der Waals surface area contributed by atoms with Crippen LogP contribution in [0.1, 0.15) is 12.8 Å². The van der Waals surface area contributed by atoms with Crippen LogP contribution in [0.4, 0.5) is 0 Å². The van der Waals surface area contributed by atoms with Crippen LogP contribution in [0.5, 0.6) is 0 Å². The maximum atomic E-state index is 11.1. The molecule has 2 unspecified atom stereocenters. The van der Waals surface area contributed by atoms with Gasteiger partial charge in [0.15, 0.2) is 0 Å². The van der Waals surface area contributed by atoms with Crippen molar-refractivity contribution < 1.29 is 9.53 Å². The zero-order chi connectivity index (χ0) is 9.26. The summed E-state index contributed by atoms with van der Waals surface area (Å²) in [6, 6.07) is 0. The van der Waals surface area contributed by atoms with Crippen molar-refractivity contribution in [3.8, 4) is 0 Å². The largest absolute Gasteiger partial charge is 0.372 e. The van der Waals surface area contributed by atoms with E-state index in [-0.39, 0.29) is 5.91 Å². The van der Waals surface area contributed by atoms with E-state index in [0.29, 0.717) is 18.8 Å². The Bertz CT molecular complexity index is 196. The summed E-state index contributed by atoms with van der Waals surface area (Å²) in [5.74, 6) is 0.0984. The van der Waals surface area contributed by atoms with Crippen molar-refractivity contribution >= 4 is 5.91 Å². The molecule has 1 N–H and O–H groups in total. The lowest BCUT2D eigenvalue weighted by atomic mass is 10.2. The molecular weight excluding hydrogens is 168 g/mol. The van der Waals surface area contributed by atoms with Crippen molar-refractivity contribution in [2.24, 2.45) is 0 Å². The summed E-state index contributed by atoms with van der Waals surface area (Å²) in [5, 5.41) is 2.64. The van der Waals surface area contributed by atoms with Crippen molar-refractivity contribution in [2.45, 2.75) is 25.0 Å². The van der Waals surface area contributed by atoms with E-state index in [2.05, 4.69) is 10.2 Å². The predicted molar refractivity (Wildman–Crippen MR) is 48.4 cm³/mol. The second-order valence-corrected chi connectivity index (χ2v) is 3.82. The lowest BCUT2D eigenvalue weighted by Gasteiger charge is -2.31. The zero-order valence-electron chi connectivity index (χ0n) is 7.95. The van der Waals surface area contributed by atoms with Crippen molar-refractivity contribution in [1.29, 1.82) is 0 Å². The highest BCUT2D eigenvalue weighted by atomic mass is 16.5. The lowest BCUT2D eigenvalue weighted by Crippen LogP contribution is -2.46. The van der Waals surface area contributed by atoms with E-state index in [1.54, 1.807) is 7.05 Å². The zero-order valence-corrected chi connectivity index (χ0v) is 7.95. The van der Waals surface area contributed by atoms with E-state index in [1.807, 2.05) is 0 Å².